The highest BCUT2D eigenvalue weighted by atomic mass is 35.5. The van der Waals surface area contributed by atoms with Crippen molar-refractivity contribution in [3.8, 4) is 0 Å². The van der Waals surface area contributed by atoms with E-state index in [1.165, 1.54) is 12.8 Å². The summed E-state index contributed by atoms with van der Waals surface area (Å²) in [5.74, 6) is -2.77. The number of aromatic amines is 1. The van der Waals surface area contributed by atoms with Crippen molar-refractivity contribution in [2.45, 2.75) is 50.9 Å². The van der Waals surface area contributed by atoms with Gasteiger partial charge in [0.1, 0.15) is 5.69 Å². The second-order valence-corrected chi connectivity index (χ2v) is 8.87. The molecular formula is C22H28ClF3N4O3. The summed E-state index contributed by atoms with van der Waals surface area (Å²) in [5.41, 5.74) is 2.62. The zero-order valence-electron chi connectivity index (χ0n) is 18.3. The molecule has 2 aliphatic rings. The van der Waals surface area contributed by atoms with Gasteiger partial charge < -0.3 is 25.6 Å². The summed E-state index contributed by atoms with van der Waals surface area (Å²) >= 11 is 6.12. The number of alkyl halides is 3. The van der Waals surface area contributed by atoms with Gasteiger partial charge in [-0.3, -0.25) is 4.79 Å². The smallest absolute Gasteiger partial charge is 0.475 e. The van der Waals surface area contributed by atoms with Gasteiger partial charge >= 0.3 is 12.1 Å². The molecule has 0 atom stereocenters. The molecule has 0 spiro atoms. The number of amides is 1. The van der Waals surface area contributed by atoms with Crippen LogP contribution in [0.2, 0.25) is 5.02 Å². The predicted octanol–water partition coefficient (Wildman–Crippen LogP) is 3.71. The van der Waals surface area contributed by atoms with Crippen LogP contribution >= 0.6 is 11.6 Å². The number of carbonyl (C=O) groups excluding carboxylic acids is 1. The maximum atomic E-state index is 12.7. The van der Waals surface area contributed by atoms with Gasteiger partial charge in [-0.25, -0.2) is 4.79 Å². The Morgan fingerprint density at radius 1 is 1.12 bits per heavy atom. The number of nitrogens with one attached hydrogen (secondary N) is 3. The Kier molecular flexibility index (Phi) is 8.25. The van der Waals surface area contributed by atoms with Gasteiger partial charge in [0.15, 0.2) is 0 Å². The van der Waals surface area contributed by atoms with Crippen molar-refractivity contribution in [2.75, 3.05) is 26.2 Å². The van der Waals surface area contributed by atoms with Crippen LogP contribution in [-0.2, 0) is 4.79 Å². The summed E-state index contributed by atoms with van der Waals surface area (Å²) in [6.45, 7) is 6.44. The van der Waals surface area contributed by atoms with Gasteiger partial charge in [-0.05, 0) is 69.5 Å². The summed E-state index contributed by atoms with van der Waals surface area (Å²) in [4.78, 5) is 27.4. The van der Waals surface area contributed by atoms with Crippen molar-refractivity contribution in [1.82, 2.24) is 20.5 Å². The average molecular weight is 489 g/mol. The molecule has 11 heteroatoms. The Morgan fingerprint density at radius 2 is 1.73 bits per heavy atom. The molecule has 0 unspecified atom stereocenters. The Balaban J connectivity index is 0.000000383. The molecule has 1 amide bonds. The van der Waals surface area contributed by atoms with Crippen LogP contribution in [0, 0.1) is 6.92 Å². The first kappa shape index (κ1) is 25.3. The zero-order chi connectivity index (χ0) is 24.2. The Hall–Kier alpha value is -2.30. The van der Waals surface area contributed by atoms with E-state index >= 15 is 0 Å². The molecule has 7 nitrogen and oxygen atoms in total. The molecule has 2 saturated heterocycles. The zero-order valence-corrected chi connectivity index (χ0v) is 19.0. The van der Waals surface area contributed by atoms with E-state index < -0.39 is 12.1 Å². The van der Waals surface area contributed by atoms with Gasteiger partial charge in [-0.15, -0.1) is 0 Å². The first-order chi connectivity index (χ1) is 15.5. The molecule has 4 rings (SSSR count). The van der Waals surface area contributed by atoms with Gasteiger partial charge in [0.05, 0.1) is 0 Å². The maximum Gasteiger partial charge on any atom is 0.490 e. The van der Waals surface area contributed by atoms with Crippen LogP contribution in [0.3, 0.4) is 0 Å². The molecule has 2 fully saturated rings. The second kappa shape index (κ2) is 10.8. The number of aryl methyl sites for hydroxylation is 1. The van der Waals surface area contributed by atoms with Gasteiger partial charge in [0.2, 0.25) is 0 Å². The van der Waals surface area contributed by atoms with Crippen molar-refractivity contribution >= 4 is 34.4 Å². The number of hydrogen-bond donors (Lipinski definition) is 4. The number of nitrogens with zero attached hydrogens (tertiary/aromatic N) is 1. The lowest BCUT2D eigenvalue weighted by atomic mass is 9.98. The minimum Gasteiger partial charge on any atom is -0.475 e. The van der Waals surface area contributed by atoms with E-state index in [0.717, 1.165) is 55.5 Å². The molecule has 0 saturated carbocycles. The lowest BCUT2D eigenvalue weighted by Gasteiger charge is -2.39. The Morgan fingerprint density at radius 3 is 2.30 bits per heavy atom. The standard InChI is InChI=1S/C20H27ClN4O.C2HF3O2/c1-13-10-14(21)11-18-17(13)12-19(24-18)20(26)23-15-4-8-25(9-5-15)16-2-6-22-7-3-16;3-2(4,5)1(6)7/h10-12,15-16,22,24H,2-9H2,1H3,(H,23,26);(H,6,7). The number of halogens is 4. The number of likely N-dealkylation sites (tertiary alicyclic amines) is 1. The molecule has 2 aliphatic heterocycles. The summed E-state index contributed by atoms with van der Waals surface area (Å²) in [6.07, 6.45) is -0.538. The van der Waals surface area contributed by atoms with Gasteiger partial charge in [0, 0.05) is 41.1 Å². The lowest BCUT2D eigenvalue weighted by molar-refractivity contribution is -0.192. The van der Waals surface area contributed by atoms with Crippen LogP contribution in [0.5, 0.6) is 0 Å². The van der Waals surface area contributed by atoms with Crippen LogP contribution in [-0.4, -0.2) is 71.3 Å². The van der Waals surface area contributed by atoms with Crippen LogP contribution in [0.1, 0.15) is 41.7 Å². The molecule has 33 heavy (non-hydrogen) atoms. The van der Waals surface area contributed by atoms with Crippen molar-refractivity contribution in [2.24, 2.45) is 0 Å². The van der Waals surface area contributed by atoms with Crippen LogP contribution in [0.4, 0.5) is 13.2 Å². The second-order valence-electron chi connectivity index (χ2n) is 8.43. The third-order valence-corrected chi connectivity index (χ3v) is 6.30. The number of carbonyl (C=O) groups is 2. The summed E-state index contributed by atoms with van der Waals surface area (Å²) in [7, 11) is 0. The van der Waals surface area contributed by atoms with E-state index in [1.807, 2.05) is 25.1 Å². The largest absolute Gasteiger partial charge is 0.490 e. The van der Waals surface area contributed by atoms with E-state index in [1.54, 1.807) is 0 Å². The van der Waals surface area contributed by atoms with Crippen LogP contribution < -0.4 is 10.6 Å². The number of hydrogen-bond acceptors (Lipinski definition) is 4. The Bertz CT molecular complexity index is 981. The fourth-order valence-electron chi connectivity index (χ4n) is 4.34. The molecule has 4 N–H and O–H groups in total. The number of fused-ring (bicyclic) bond motifs is 1. The number of carboxylic acids is 1. The molecule has 2 aromatic rings. The van der Waals surface area contributed by atoms with Crippen molar-refractivity contribution in [1.29, 1.82) is 0 Å². The highest BCUT2D eigenvalue weighted by molar-refractivity contribution is 6.31. The van der Waals surface area contributed by atoms with Crippen molar-refractivity contribution in [3.05, 3.63) is 34.5 Å². The quantitative estimate of drug-likeness (QED) is 0.528. The van der Waals surface area contributed by atoms with E-state index in [-0.39, 0.29) is 11.9 Å². The first-order valence-electron chi connectivity index (χ1n) is 10.9. The molecule has 0 radical (unpaired) electrons. The topological polar surface area (TPSA) is 97.5 Å². The summed E-state index contributed by atoms with van der Waals surface area (Å²) in [6, 6.07) is 6.71. The highest BCUT2D eigenvalue weighted by Gasteiger charge is 2.38. The van der Waals surface area contributed by atoms with E-state index in [4.69, 9.17) is 21.5 Å². The molecule has 182 valence electrons. The SMILES string of the molecule is Cc1cc(Cl)cc2[nH]c(C(=O)NC3CCN(C4CCNCC4)CC3)cc12.O=C(O)C(F)(F)F. The molecule has 1 aromatic heterocycles. The number of rotatable bonds is 3. The van der Waals surface area contributed by atoms with Gasteiger partial charge in [0.25, 0.3) is 5.91 Å². The summed E-state index contributed by atoms with van der Waals surface area (Å²) < 4.78 is 31.7. The van der Waals surface area contributed by atoms with Crippen molar-refractivity contribution < 1.29 is 27.9 Å². The van der Waals surface area contributed by atoms with Crippen LogP contribution in [0.25, 0.3) is 10.9 Å². The maximum absolute atomic E-state index is 12.7. The molecular weight excluding hydrogens is 461 g/mol. The number of H-pyrrole nitrogens is 1. The number of piperidine rings is 2. The fourth-order valence-corrected chi connectivity index (χ4v) is 4.61. The highest BCUT2D eigenvalue weighted by Crippen LogP contribution is 2.25. The minimum absolute atomic E-state index is 0.0166. The van der Waals surface area contributed by atoms with Gasteiger partial charge in [-0.1, -0.05) is 11.6 Å². The predicted molar refractivity (Wildman–Crippen MR) is 120 cm³/mol. The average Bonchev–Trinajstić information content (AvgIpc) is 3.19. The Labute approximate surface area is 194 Å². The third kappa shape index (κ3) is 6.84. The number of aromatic nitrogens is 1. The molecule has 1 aromatic carbocycles. The monoisotopic (exact) mass is 488 g/mol. The van der Waals surface area contributed by atoms with E-state index in [2.05, 4.69) is 20.5 Å². The fraction of sp³-hybridized carbons (Fsp3) is 0.545. The lowest BCUT2D eigenvalue weighted by Crippen LogP contribution is -2.50. The first-order valence-corrected chi connectivity index (χ1v) is 11.3. The summed E-state index contributed by atoms with van der Waals surface area (Å²) in [5, 5.41) is 15.5. The number of carboxylic acid groups (broad SMARTS) is 1. The van der Waals surface area contributed by atoms with Crippen molar-refractivity contribution in [3.63, 3.8) is 0 Å². The van der Waals surface area contributed by atoms with E-state index in [0.29, 0.717) is 16.8 Å². The number of benzene rings is 1. The normalized spacial score (nSPS) is 18.6. The third-order valence-electron chi connectivity index (χ3n) is 6.09. The molecule has 3 heterocycles. The number of aliphatic carboxylic acids is 1. The minimum atomic E-state index is -5.08. The van der Waals surface area contributed by atoms with Crippen LogP contribution in [0.15, 0.2) is 18.2 Å². The van der Waals surface area contributed by atoms with Gasteiger partial charge in [-0.2, -0.15) is 13.2 Å². The molecule has 0 bridgehead atoms. The van der Waals surface area contributed by atoms with E-state index in [9.17, 15) is 18.0 Å². The molecule has 0 aliphatic carbocycles.